The average molecular weight is 411 g/mol. The van der Waals surface area contributed by atoms with E-state index in [0.717, 1.165) is 6.42 Å². The first-order valence-electron chi connectivity index (χ1n) is 9.95. The first-order chi connectivity index (χ1) is 13.5. The Labute approximate surface area is 167 Å². The van der Waals surface area contributed by atoms with Gasteiger partial charge in [0.2, 0.25) is 15.9 Å². The maximum Gasteiger partial charge on any atom is 0.247 e. The van der Waals surface area contributed by atoms with E-state index >= 15 is 0 Å². The van der Waals surface area contributed by atoms with Crippen molar-refractivity contribution in [2.24, 2.45) is 5.92 Å². The van der Waals surface area contributed by atoms with Crippen LogP contribution >= 0.6 is 0 Å². The fraction of sp³-hybridized carbons (Fsp3) is 0.650. The number of nitrogens with zero attached hydrogens (tertiary/aromatic N) is 2. The van der Waals surface area contributed by atoms with Crippen molar-refractivity contribution in [2.45, 2.75) is 43.4 Å². The van der Waals surface area contributed by atoms with Gasteiger partial charge in [-0.2, -0.15) is 4.31 Å². The van der Waals surface area contributed by atoms with Gasteiger partial charge in [0.05, 0.1) is 14.2 Å². The molecule has 0 N–H and O–H groups in total. The molecule has 1 aliphatic heterocycles. The maximum atomic E-state index is 13.1. The second-order valence-corrected chi connectivity index (χ2v) is 9.40. The molecule has 0 atom stereocenters. The van der Waals surface area contributed by atoms with Gasteiger partial charge in [0, 0.05) is 38.7 Å². The third-order valence-electron chi connectivity index (χ3n) is 5.82. The van der Waals surface area contributed by atoms with Gasteiger partial charge in [-0.05, 0) is 24.5 Å². The summed E-state index contributed by atoms with van der Waals surface area (Å²) in [6.07, 6.45) is 6.56. The number of carbonyl (C=O) groups excluding carboxylic acids is 1. The fourth-order valence-corrected chi connectivity index (χ4v) is 5.68. The molecule has 2 aliphatic rings. The quantitative estimate of drug-likeness (QED) is 0.690. The highest BCUT2D eigenvalue weighted by Gasteiger charge is 2.32. The third kappa shape index (κ3) is 4.60. The minimum atomic E-state index is -3.72. The number of hydrogen-bond donors (Lipinski definition) is 0. The van der Waals surface area contributed by atoms with E-state index in [1.807, 2.05) is 0 Å². The molecular formula is C20H30N2O5S. The monoisotopic (exact) mass is 410 g/mol. The molecule has 3 rings (SSSR count). The molecule has 1 amide bonds. The average Bonchev–Trinajstić information content (AvgIpc) is 3.25. The summed E-state index contributed by atoms with van der Waals surface area (Å²) in [6.45, 7) is 1.43. The minimum Gasteiger partial charge on any atom is -0.497 e. The number of hydrogen-bond acceptors (Lipinski definition) is 5. The molecule has 7 nitrogen and oxygen atoms in total. The molecular weight excluding hydrogens is 380 g/mol. The number of benzene rings is 1. The number of ether oxygens (including phenoxy) is 2. The van der Waals surface area contributed by atoms with Crippen molar-refractivity contribution in [3.05, 3.63) is 18.2 Å². The molecule has 1 aromatic rings. The molecule has 2 fully saturated rings. The lowest BCUT2D eigenvalue weighted by Crippen LogP contribution is -2.50. The summed E-state index contributed by atoms with van der Waals surface area (Å²) < 4.78 is 38.0. The summed E-state index contributed by atoms with van der Waals surface area (Å²) in [4.78, 5) is 14.4. The van der Waals surface area contributed by atoms with Crippen LogP contribution in [0.4, 0.5) is 0 Å². The molecule has 0 bridgehead atoms. The van der Waals surface area contributed by atoms with Crippen LogP contribution in [-0.4, -0.2) is 63.9 Å². The van der Waals surface area contributed by atoms with Crippen LogP contribution in [0.3, 0.4) is 0 Å². The van der Waals surface area contributed by atoms with Crippen LogP contribution in [0.5, 0.6) is 11.5 Å². The number of amides is 1. The van der Waals surface area contributed by atoms with Crippen molar-refractivity contribution in [1.29, 1.82) is 0 Å². The standard InChI is InChI=1S/C20H30N2O5S/c1-26-17-8-9-18(27-2)19(15-17)28(24,25)22-13-11-21(12-14-22)20(23)10-7-16-5-3-4-6-16/h8-9,15-16H,3-7,10-14H2,1-2H3. The highest BCUT2D eigenvalue weighted by molar-refractivity contribution is 7.89. The number of rotatable bonds is 7. The highest BCUT2D eigenvalue weighted by atomic mass is 32.2. The minimum absolute atomic E-state index is 0.0929. The van der Waals surface area contributed by atoms with E-state index < -0.39 is 10.0 Å². The van der Waals surface area contributed by atoms with Crippen molar-refractivity contribution < 1.29 is 22.7 Å². The van der Waals surface area contributed by atoms with Crippen molar-refractivity contribution in [1.82, 2.24) is 9.21 Å². The van der Waals surface area contributed by atoms with Gasteiger partial charge in [-0.3, -0.25) is 4.79 Å². The lowest BCUT2D eigenvalue weighted by Gasteiger charge is -2.34. The Hall–Kier alpha value is -1.80. The summed E-state index contributed by atoms with van der Waals surface area (Å²) in [6, 6.07) is 4.74. The van der Waals surface area contributed by atoms with Gasteiger partial charge in [-0.25, -0.2) is 8.42 Å². The fourth-order valence-electron chi connectivity index (χ4n) is 4.09. The predicted octanol–water partition coefficient (Wildman–Crippen LogP) is 2.51. The first-order valence-corrected chi connectivity index (χ1v) is 11.4. The van der Waals surface area contributed by atoms with Crippen LogP contribution in [0.2, 0.25) is 0 Å². The zero-order valence-electron chi connectivity index (χ0n) is 16.7. The van der Waals surface area contributed by atoms with E-state index in [4.69, 9.17) is 9.47 Å². The molecule has 1 saturated carbocycles. The van der Waals surface area contributed by atoms with E-state index in [-0.39, 0.29) is 29.6 Å². The second kappa shape index (κ2) is 9.13. The molecule has 0 radical (unpaired) electrons. The van der Waals surface area contributed by atoms with Crippen LogP contribution in [0.1, 0.15) is 38.5 Å². The first kappa shape index (κ1) is 20.9. The van der Waals surface area contributed by atoms with E-state index in [1.165, 1.54) is 50.3 Å². The summed E-state index contributed by atoms with van der Waals surface area (Å²) >= 11 is 0. The van der Waals surface area contributed by atoms with Gasteiger partial charge < -0.3 is 14.4 Å². The Balaban J connectivity index is 1.61. The van der Waals surface area contributed by atoms with Crippen molar-refractivity contribution in [2.75, 3.05) is 40.4 Å². The van der Waals surface area contributed by atoms with Crippen LogP contribution < -0.4 is 9.47 Å². The molecule has 0 aromatic heterocycles. The lowest BCUT2D eigenvalue weighted by molar-refractivity contribution is -0.132. The Bertz CT molecular complexity index is 782. The molecule has 1 aliphatic carbocycles. The normalized spacial score (nSPS) is 19.0. The number of sulfonamides is 1. The molecule has 156 valence electrons. The van der Waals surface area contributed by atoms with Crippen LogP contribution in [-0.2, 0) is 14.8 Å². The smallest absolute Gasteiger partial charge is 0.247 e. The molecule has 1 aromatic carbocycles. The largest absolute Gasteiger partial charge is 0.497 e. The Morgan fingerprint density at radius 2 is 1.75 bits per heavy atom. The molecule has 1 saturated heterocycles. The number of piperazine rings is 1. The Kier molecular flexibility index (Phi) is 6.82. The van der Waals surface area contributed by atoms with Gasteiger partial charge in [0.25, 0.3) is 0 Å². The van der Waals surface area contributed by atoms with Crippen LogP contribution in [0, 0.1) is 5.92 Å². The molecule has 1 heterocycles. The summed E-state index contributed by atoms with van der Waals surface area (Å²) in [5, 5.41) is 0. The molecule has 8 heteroatoms. The van der Waals surface area contributed by atoms with Crippen LogP contribution in [0.15, 0.2) is 23.1 Å². The van der Waals surface area contributed by atoms with Crippen molar-refractivity contribution in [3.8, 4) is 11.5 Å². The maximum absolute atomic E-state index is 13.1. The zero-order valence-corrected chi connectivity index (χ0v) is 17.5. The van der Waals surface area contributed by atoms with E-state index in [2.05, 4.69) is 0 Å². The number of methoxy groups -OCH3 is 2. The van der Waals surface area contributed by atoms with Gasteiger partial charge in [-0.1, -0.05) is 25.7 Å². The third-order valence-corrected chi connectivity index (χ3v) is 7.74. The molecule has 28 heavy (non-hydrogen) atoms. The van der Waals surface area contributed by atoms with Gasteiger partial charge in [0.15, 0.2) is 0 Å². The summed E-state index contributed by atoms with van der Waals surface area (Å²) in [7, 11) is -0.781. The number of carbonyl (C=O) groups is 1. The Morgan fingerprint density at radius 1 is 1.07 bits per heavy atom. The van der Waals surface area contributed by atoms with Gasteiger partial charge in [-0.15, -0.1) is 0 Å². The lowest BCUT2D eigenvalue weighted by atomic mass is 10.0. The summed E-state index contributed by atoms with van der Waals surface area (Å²) in [5.41, 5.74) is 0. The van der Waals surface area contributed by atoms with E-state index in [0.29, 0.717) is 31.2 Å². The van der Waals surface area contributed by atoms with Crippen LogP contribution in [0.25, 0.3) is 0 Å². The van der Waals surface area contributed by atoms with E-state index in [9.17, 15) is 13.2 Å². The Morgan fingerprint density at radius 3 is 2.36 bits per heavy atom. The topological polar surface area (TPSA) is 76.2 Å². The molecule has 0 unspecified atom stereocenters. The highest BCUT2D eigenvalue weighted by Crippen LogP contribution is 2.31. The summed E-state index contributed by atoms with van der Waals surface area (Å²) in [5.74, 6) is 1.57. The van der Waals surface area contributed by atoms with Crippen molar-refractivity contribution in [3.63, 3.8) is 0 Å². The SMILES string of the molecule is COc1ccc(OC)c(S(=O)(=O)N2CCN(C(=O)CCC3CCCC3)CC2)c1. The second-order valence-electron chi connectivity index (χ2n) is 7.49. The predicted molar refractivity (Wildman–Crippen MR) is 106 cm³/mol. The van der Waals surface area contributed by atoms with Gasteiger partial charge in [0.1, 0.15) is 16.4 Å². The van der Waals surface area contributed by atoms with Gasteiger partial charge >= 0.3 is 0 Å². The zero-order chi connectivity index (χ0) is 20.1. The van der Waals surface area contributed by atoms with E-state index in [1.54, 1.807) is 17.0 Å². The molecule has 0 spiro atoms. The van der Waals surface area contributed by atoms with Crippen molar-refractivity contribution >= 4 is 15.9 Å².